The lowest BCUT2D eigenvalue weighted by Gasteiger charge is -2.47. The van der Waals surface area contributed by atoms with Gasteiger partial charge in [0.05, 0.1) is 6.42 Å². The van der Waals surface area contributed by atoms with Gasteiger partial charge in [-0.1, -0.05) is 28.1 Å². The number of hydrogen-bond donors (Lipinski definition) is 1. The highest BCUT2D eigenvalue weighted by Crippen LogP contribution is 2.36. The lowest BCUT2D eigenvalue weighted by atomic mass is 9.79. The Morgan fingerprint density at radius 3 is 2.94 bits per heavy atom. The first-order valence-electron chi connectivity index (χ1n) is 6.40. The Morgan fingerprint density at radius 1 is 1.44 bits per heavy atom. The molecule has 0 atom stereocenters. The standard InChI is InChI=1S/C14H17BrN2O/c15-12-3-1-2-11(6-12)7-13(18)17-9-14(10-17)4-5-16-8-14/h1-3,6,16H,4-5,7-10H2. The van der Waals surface area contributed by atoms with Crippen molar-refractivity contribution in [2.45, 2.75) is 12.8 Å². The normalized spacial score (nSPS) is 21.1. The SMILES string of the molecule is O=C(Cc1cccc(Br)c1)N1CC2(CCNC2)C1. The predicted molar refractivity (Wildman–Crippen MR) is 74.3 cm³/mol. The summed E-state index contributed by atoms with van der Waals surface area (Å²) >= 11 is 3.44. The topological polar surface area (TPSA) is 32.3 Å². The van der Waals surface area contributed by atoms with Crippen molar-refractivity contribution in [2.24, 2.45) is 5.41 Å². The van der Waals surface area contributed by atoms with Crippen LogP contribution in [0.2, 0.25) is 0 Å². The second kappa shape index (κ2) is 4.67. The average molecular weight is 309 g/mol. The van der Waals surface area contributed by atoms with Gasteiger partial charge in [0.25, 0.3) is 0 Å². The number of benzene rings is 1. The number of nitrogens with one attached hydrogen (secondary N) is 1. The van der Waals surface area contributed by atoms with Crippen LogP contribution in [0.1, 0.15) is 12.0 Å². The number of likely N-dealkylation sites (tertiary alicyclic amines) is 1. The van der Waals surface area contributed by atoms with Crippen molar-refractivity contribution in [1.82, 2.24) is 10.2 Å². The lowest BCUT2D eigenvalue weighted by Crippen LogP contribution is -2.59. The Kier molecular flexibility index (Phi) is 3.16. The maximum Gasteiger partial charge on any atom is 0.227 e. The van der Waals surface area contributed by atoms with Crippen LogP contribution < -0.4 is 5.32 Å². The van der Waals surface area contributed by atoms with Crippen LogP contribution in [0, 0.1) is 5.41 Å². The van der Waals surface area contributed by atoms with E-state index in [1.165, 1.54) is 6.42 Å². The summed E-state index contributed by atoms with van der Waals surface area (Å²) in [6, 6.07) is 7.99. The largest absolute Gasteiger partial charge is 0.341 e. The molecule has 3 nitrogen and oxygen atoms in total. The smallest absolute Gasteiger partial charge is 0.227 e. The second-order valence-electron chi connectivity index (χ2n) is 5.48. The van der Waals surface area contributed by atoms with E-state index in [0.29, 0.717) is 11.8 Å². The summed E-state index contributed by atoms with van der Waals surface area (Å²) in [5.41, 5.74) is 1.48. The van der Waals surface area contributed by atoms with E-state index in [1.807, 2.05) is 29.2 Å². The molecule has 2 fully saturated rings. The van der Waals surface area contributed by atoms with Gasteiger partial charge in [-0.15, -0.1) is 0 Å². The Bertz CT molecular complexity index is 461. The first-order valence-corrected chi connectivity index (χ1v) is 7.19. The molecule has 0 radical (unpaired) electrons. The molecule has 0 aromatic heterocycles. The summed E-state index contributed by atoms with van der Waals surface area (Å²) in [5.74, 6) is 0.255. The highest BCUT2D eigenvalue weighted by molar-refractivity contribution is 9.10. The summed E-state index contributed by atoms with van der Waals surface area (Å²) < 4.78 is 1.04. The van der Waals surface area contributed by atoms with Gasteiger partial charge in [0.15, 0.2) is 0 Å². The minimum atomic E-state index is 0.255. The highest BCUT2D eigenvalue weighted by Gasteiger charge is 2.46. The molecular weight excluding hydrogens is 292 g/mol. The molecule has 18 heavy (non-hydrogen) atoms. The van der Waals surface area contributed by atoms with Crippen molar-refractivity contribution in [3.05, 3.63) is 34.3 Å². The van der Waals surface area contributed by atoms with Crippen molar-refractivity contribution in [3.8, 4) is 0 Å². The molecule has 1 spiro atoms. The maximum atomic E-state index is 12.1. The molecule has 0 unspecified atom stereocenters. The Labute approximate surface area is 116 Å². The Balaban J connectivity index is 1.57. The monoisotopic (exact) mass is 308 g/mol. The minimum Gasteiger partial charge on any atom is -0.341 e. The van der Waals surface area contributed by atoms with E-state index in [4.69, 9.17) is 0 Å². The van der Waals surface area contributed by atoms with Crippen LogP contribution in [0.4, 0.5) is 0 Å². The molecule has 2 aliphatic rings. The van der Waals surface area contributed by atoms with Gasteiger partial charge in [-0.3, -0.25) is 4.79 Å². The zero-order valence-electron chi connectivity index (χ0n) is 10.3. The van der Waals surface area contributed by atoms with E-state index in [2.05, 4.69) is 21.2 Å². The van der Waals surface area contributed by atoms with Crippen LogP contribution in [-0.2, 0) is 11.2 Å². The van der Waals surface area contributed by atoms with Crippen LogP contribution in [-0.4, -0.2) is 37.0 Å². The molecule has 0 saturated carbocycles. The number of amides is 1. The van der Waals surface area contributed by atoms with Crippen molar-refractivity contribution in [2.75, 3.05) is 26.2 Å². The van der Waals surface area contributed by atoms with Crippen molar-refractivity contribution in [1.29, 1.82) is 0 Å². The quantitative estimate of drug-likeness (QED) is 0.904. The fourth-order valence-corrected chi connectivity index (χ4v) is 3.39. The number of rotatable bonds is 2. The maximum absolute atomic E-state index is 12.1. The summed E-state index contributed by atoms with van der Waals surface area (Å²) in [5, 5.41) is 3.39. The van der Waals surface area contributed by atoms with Crippen LogP contribution in [0.25, 0.3) is 0 Å². The first kappa shape index (κ1) is 12.2. The van der Waals surface area contributed by atoms with Crippen LogP contribution in [0.3, 0.4) is 0 Å². The molecule has 96 valence electrons. The van der Waals surface area contributed by atoms with Gasteiger partial charge in [0.1, 0.15) is 0 Å². The number of carbonyl (C=O) groups excluding carboxylic acids is 1. The van der Waals surface area contributed by atoms with E-state index in [9.17, 15) is 4.79 Å². The molecule has 0 bridgehead atoms. The summed E-state index contributed by atoms with van der Waals surface area (Å²) in [7, 11) is 0. The molecule has 1 aromatic rings. The van der Waals surface area contributed by atoms with Gasteiger partial charge < -0.3 is 10.2 Å². The van der Waals surface area contributed by atoms with E-state index in [1.54, 1.807) is 0 Å². The summed E-state index contributed by atoms with van der Waals surface area (Å²) in [6.45, 7) is 4.06. The first-order chi connectivity index (χ1) is 8.67. The molecule has 4 heteroatoms. The number of halogens is 1. The van der Waals surface area contributed by atoms with Gasteiger partial charge in [0, 0.05) is 29.5 Å². The van der Waals surface area contributed by atoms with E-state index >= 15 is 0 Å². The zero-order chi connectivity index (χ0) is 12.6. The molecule has 3 rings (SSSR count). The van der Waals surface area contributed by atoms with Crippen LogP contribution in [0.15, 0.2) is 28.7 Å². The van der Waals surface area contributed by atoms with Gasteiger partial charge in [-0.25, -0.2) is 0 Å². The lowest BCUT2D eigenvalue weighted by molar-refractivity contribution is -0.141. The van der Waals surface area contributed by atoms with E-state index in [-0.39, 0.29) is 5.91 Å². The highest BCUT2D eigenvalue weighted by atomic mass is 79.9. The fourth-order valence-electron chi connectivity index (χ4n) is 2.94. The Hall–Kier alpha value is -0.870. The van der Waals surface area contributed by atoms with Crippen LogP contribution in [0.5, 0.6) is 0 Å². The third-order valence-electron chi connectivity index (χ3n) is 3.98. The van der Waals surface area contributed by atoms with Crippen molar-refractivity contribution in [3.63, 3.8) is 0 Å². The molecular formula is C14H17BrN2O. The number of nitrogens with zero attached hydrogens (tertiary/aromatic N) is 1. The number of hydrogen-bond acceptors (Lipinski definition) is 2. The molecule has 1 amide bonds. The number of carbonyl (C=O) groups is 1. The van der Waals surface area contributed by atoms with E-state index in [0.717, 1.165) is 36.2 Å². The third-order valence-corrected chi connectivity index (χ3v) is 4.47. The minimum absolute atomic E-state index is 0.255. The predicted octanol–water partition coefficient (Wildman–Crippen LogP) is 1.81. The summed E-state index contributed by atoms with van der Waals surface area (Å²) in [6.07, 6.45) is 1.73. The molecule has 2 aliphatic heterocycles. The molecule has 1 aromatic carbocycles. The molecule has 1 N–H and O–H groups in total. The van der Waals surface area contributed by atoms with Crippen molar-refractivity contribution >= 4 is 21.8 Å². The summed E-state index contributed by atoms with van der Waals surface area (Å²) in [4.78, 5) is 14.1. The molecule has 2 saturated heterocycles. The second-order valence-corrected chi connectivity index (χ2v) is 6.40. The Morgan fingerprint density at radius 2 is 2.28 bits per heavy atom. The van der Waals surface area contributed by atoms with Crippen LogP contribution >= 0.6 is 15.9 Å². The van der Waals surface area contributed by atoms with Gasteiger partial charge >= 0.3 is 0 Å². The van der Waals surface area contributed by atoms with Crippen molar-refractivity contribution < 1.29 is 4.79 Å². The third kappa shape index (κ3) is 2.31. The molecule has 0 aliphatic carbocycles. The van der Waals surface area contributed by atoms with E-state index < -0.39 is 0 Å². The van der Waals surface area contributed by atoms with Gasteiger partial charge in [-0.2, -0.15) is 0 Å². The molecule has 2 heterocycles. The average Bonchev–Trinajstić information content (AvgIpc) is 2.75. The van der Waals surface area contributed by atoms with Gasteiger partial charge in [-0.05, 0) is 30.7 Å². The zero-order valence-corrected chi connectivity index (χ0v) is 11.9. The van der Waals surface area contributed by atoms with Gasteiger partial charge in [0.2, 0.25) is 5.91 Å². The fraction of sp³-hybridized carbons (Fsp3) is 0.500.